The predicted molar refractivity (Wildman–Crippen MR) is 67.4 cm³/mol. The van der Waals surface area contributed by atoms with Gasteiger partial charge in [0.25, 0.3) is 10.2 Å². The van der Waals surface area contributed by atoms with Gasteiger partial charge in [-0.1, -0.05) is 0 Å². The summed E-state index contributed by atoms with van der Waals surface area (Å²) in [7, 11) is -1.87. The minimum Gasteiger partial charge on any atom is -0.388 e. The van der Waals surface area contributed by atoms with Gasteiger partial charge in [-0.2, -0.15) is 17.0 Å². The number of aliphatic hydroxyl groups is 1. The van der Waals surface area contributed by atoms with E-state index in [4.69, 9.17) is 4.74 Å². The number of rotatable bonds is 4. The van der Waals surface area contributed by atoms with Crippen LogP contribution in [0.25, 0.3) is 0 Å². The molecule has 2 fully saturated rings. The Morgan fingerprint density at radius 2 is 1.83 bits per heavy atom. The molecule has 0 amide bonds. The van der Waals surface area contributed by atoms with Gasteiger partial charge < -0.3 is 9.84 Å². The number of ether oxygens (including phenoxy) is 1. The van der Waals surface area contributed by atoms with Gasteiger partial charge in [0, 0.05) is 52.7 Å². The normalized spacial score (nSPS) is 25.7. The minimum atomic E-state index is -3.41. The molecule has 18 heavy (non-hydrogen) atoms. The lowest BCUT2D eigenvalue weighted by atomic mass is 9.95. The molecule has 7 heteroatoms. The van der Waals surface area contributed by atoms with Gasteiger partial charge in [-0.05, 0) is 12.8 Å². The molecule has 0 radical (unpaired) electrons. The predicted octanol–water partition coefficient (Wildman–Crippen LogP) is -0.200. The van der Waals surface area contributed by atoms with Crippen molar-refractivity contribution in [1.82, 2.24) is 8.61 Å². The molecule has 1 N–H and O–H groups in total. The molecule has 0 spiro atoms. The Balaban J connectivity index is 1.99. The summed E-state index contributed by atoms with van der Waals surface area (Å²) in [6.45, 7) is 2.32. The summed E-state index contributed by atoms with van der Waals surface area (Å²) in [5.41, 5.74) is -0.945. The number of hydrogen-bond acceptors (Lipinski definition) is 4. The zero-order valence-electron chi connectivity index (χ0n) is 10.8. The minimum absolute atomic E-state index is 0.148. The summed E-state index contributed by atoms with van der Waals surface area (Å²) in [4.78, 5) is 0. The highest BCUT2D eigenvalue weighted by Crippen LogP contribution is 2.24. The van der Waals surface area contributed by atoms with Crippen molar-refractivity contribution < 1.29 is 18.3 Å². The van der Waals surface area contributed by atoms with Crippen LogP contribution in [0.4, 0.5) is 0 Å². The zero-order valence-corrected chi connectivity index (χ0v) is 11.7. The van der Waals surface area contributed by atoms with Crippen molar-refractivity contribution >= 4 is 10.2 Å². The van der Waals surface area contributed by atoms with E-state index >= 15 is 0 Å². The molecule has 2 heterocycles. The fourth-order valence-corrected chi connectivity index (χ4v) is 4.04. The molecule has 0 saturated carbocycles. The van der Waals surface area contributed by atoms with Crippen molar-refractivity contribution in [3.05, 3.63) is 0 Å². The average Bonchev–Trinajstić information content (AvgIpc) is 2.83. The molecule has 106 valence electrons. The molecule has 6 nitrogen and oxygen atoms in total. The lowest BCUT2D eigenvalue weighted by molar-refractivity contribution is -0.0693. The molecule has 0 unspecified atom stereocenters. The molecule has 0 atom stereocenters. The van der Waals surface area contributed by atoms with Gasteiger partial charge in [-0.3, -0.25) is 0 Å². The molecule has 2 aliphatic rings. The fourth-order valence-electron chi connectivity index (χ4n) is 2.52. The Labute approximate surface area is 109 Å². The monoisotopic (exact) mass is 278 g/mol. The molecular weight excluding hydrogens is 256 g/mol. The van der Waals surface area contributed by atoms with Crippen molar-refractivity contribution in [2.24, 2.45) is 0 Å². The molecule has 0 aromatic carbocycles. The number of likely N-dealkylation sites (N-methyl/N-ethyl adjacent to an activating group) is 1. The molecule has 0 bridgehead atoms. The van der Waals surface area contributed by atoms with Crippen LogP contribution in [-0.2, 0) is 14.9 Å². The molecule has 0 aromatic rings. The first-order valence-corrected chi connectivity index (χ1v) is 7.85. The van der Waals surface area contributed by atoms with E-state index in [1.807, 2.05) is 0 Å². The topological polar surface area (TPSA) is 70.1 Å². The van der Waals surface area contributed by atoms with Crippen LogP contribution in [-0.4, -0.2) is 67.6 Å². The largest absolute Gasteiger partial charge is 0.388 e. The Morgan fingerprint density at radius 3 is 2.39 bits per heavy atom. The Hall–Kier alpha value is -0.210. The van der Waals surface area contributed by atoms with E-state index in [-0.39, 0.29) is 6.54 Å². The molecule has 0 aromatic heterocycles. The second-order valence-corrected chi connectivity index (χ2v) is 7.24. The summed E-state index contributed by atoms with van der Waals surface area (Å²) in [5, 5.41) is 10.3. The van der Waals surface area contributed by atoms with E-state index in [2.05, 4.69) is 0 Å². The Morgan fingerprint density at radius 1 is 1.28 bits per heavy atom. The van der Waals surface area contributed by atoms with Gasteiger partial charge in [-0.15, -0.1) is 0 Å². The number of nitrogens with zero attached hydrogens (tertiary/aromatic N) is 2. The van der Waals surface area contributed by atoms with Gasteiger partial charge in [0.05, 0.1) is 5.60 Å². The van der Waals surface area contributed by atoms with Crippen molar-refractivity contribution in [3.8, 4) is 0 Å². The maximum absolute atomic E-state index is 12.3. The van der Waals surface area contributed by atoms with Crippen molar-refractivity contribution in [3.63, 3.8) is 0 Å². The summed E-state index contributed by atoms with van der Waals surface area (Å²) in [6.07, 6.45) is 2.83. The van der Waals surface area contributed by atoms with Gasteiger partial charge in [-0.25, -0.2) is 0 Å². The van der Waals surface area contributed by atoms with Crippen LogP contribution in [0.15, 0.2) is 0 Å². The van der Waals surface area contributed by atoms with Gasteiger partial charge in [0.15, 0.2) is 0 Å². The molecule has 0 aliphatic carbocycles. The fraction of sp³-hybridized carbons (Fsp3) is 1.00. The van der Waals surface area contributed by atoms with Crippen LogP contribution >= 0.6 is 0 Å². The highest BCUT2D eigenvalue weighted by molar-refractivity contribution is 7.86. The summed E-state index contributed by atoms with van der Waals surface area (Å²) < 4.78 is 32.5. The lowest BCUT2D eigenvalue weighted by Gasteiger charge is -2.36. The van der Waals surface area contributed by atoms with Crippen LogP contribution < -0.4 is 0 Å². The second kappa shape index (κ2) is 5.42. The van der Waals surface area contributed by atoms with E-state index < -0.39 is 15.8 Å². The first kappa shape index (κ1) is 14.2. The standard InChI is InChI=1S/C11H22N2O4S/c1-12(10-11(14)4-8-17-9-5-11)18(15,16)13-6-2-3-7-13/h14H,2-10H2,1H3. The van der Waals surface area contributed by atoms with Gasteiger partial charge in [0.1, 0.15) is 0 Å². The smallest absolute Gasteiger partial charge is 0.281 e. The molecular formula is C11H22N2O4S. The van der Waals surface area contributed by atoms with E-state index in [9.17, 15) is 13.5 Å². The van der Waals surface area contributed by atoms with Crippen LogP contribution in [0.1, 0.15) is 25.7 Å². The quantitative estimate of drug-likeness (QED) is 0.773. The first-order valence-electron chi connectivity index (χ1n) is 6.46. The van der Waals surface area contributed by atoms with Crippen molar-refractivity contribution in [1.29, 1.82) is 0 Å². The molecule has 2 aliphatic heterocycles. The van der Waals surface area contributed by atoms with Crippen LogP contribution in [0, 0.1) is 0 Å². The van der Waals surface area contributed by atoms with Crippen LogP contribution in [0.3, 0.4) is 0 Å². The third-order valence-corrected chi connectivity index (χ3v) is 5.66. The second-order valence-electron chi connectivity index (χ2n) is 5.21. The summed E-state index contributed by atoms with van der Waals surface area (Å²) in [6, 6.07) is 0. The van der Waals surface area contributed by atoms with Gasteiger partial charge in [0.2, 0.25) is 0 Å². The van der Waals surface area contributed by atoms with Crippen LogP contribution in [0.5, 0.6) is 0 Å². The van der Waals surface area contributed by atoms with Crippen molar-refractivity contribution in [2.75, 3.05) is 39.9 Å². The first-order chi connectivity index (χ1) is 8.44. The highest BCUT2D eigenvalue weighted by Gasteiger charge is 2.37. The van der Waals surface area contributed by atoms with E-state index in [1.165, 1.54) is 8.61 Å². The van der Waals surface area contributed by atoms with E-state index in [1.54, 1.807) is 7.05 Å². The lowest BCUT2D eigenvalue weighted by Crippen LogP contribution is -2.50. The third-order valence-electron chi connectivity index (χ3n) is 3.73. The maximum atomic E-state index is 12.3. The Bertz CT molecular complexity index is 373. The third kappa shape index (κ3) is 3.03. The zero-order chi connectivity index (χ0) is 13.2. The maximum Gasteiger partial charge on any atom is 0.281 e. The highest BCUT2D eigenvalue weighted by atomic mass is 32.2. The van der Waals surface area contributed by atoms with Crippen molar-refractivity contribution in [2.45, 2.75) is 31.3 Å². The summed E-state index contributed by atoms with van der Waals surface area (Å²) >= 11 is 0. The average molecular weight is 278 g/mol. The van der Waals surface area contributed by atoms with Gasteiger partial charge >= 0.3 is 0 Å². The molecule has 2 saturated heterocycles. The Kier molecular flexibility index (Phi) is 4.28. The SMILES string of the molecule is CN(CC1(O)CCOCC1)S(=O)(=O)N1CCCC1. The molecule has 2 rings (SSSR count). The summed E-state index contributed by atoms with van der Waals surface area (Å²) in [5.74, 6) is 0. The van der Waals surface area contributed by atoms with E-state index in [0.717, 1.165) is 12.8 Å². The van der Waals surface area contributed by atoms with E-state index in [0.29, 0.717) is 39.1 Å². The number of hydrogen-bond donors (Lipinski definition) is 1. The van der Waals surface area contributed by atoms with Crippen LogP contribution in [0.2, 0.25) is 0 Å².